The average Bonchev–Trinajstić information content (AvgIpc) is 2.02. The molecular formula is C10H24N2O. The Labute approximate surface area is 82.0 Å². The summed E-state index contributed by atoms with van der Waals surface area (Å²) in [6.45, 7) is 8.56. The largest absolute Gasteiger partial charge is 0.379 e. The van der Waals surface area contributed by atoms with Gasteiger partial charge in [-0.25, -0.2) is 0 Å². The van der Waals surface area contributed by atoms with Crippen molar-refractivity contribution in [1.82, 2.24) is 5.43 Å². The first-order chi connectivity index (χ1) is 5.91. The number of ether oxygens (including phenoxy) is 1. The molecule has 0 bridgehead atoms. The number of hydrogen-bond donors (Lipinski definition) is 2. The van der Waals surface area contributed by atoms with Crippen LogP contribution in [0.25, 0.3) is 0 Å². The maximum Gasteiger partial charge on any atom is 0.0638 e. The molecule has 3 nitrogen and oxygen atoms in total. The smallest absolute Gasteiger partial charge is 0.0638 e. The zero-order valence-electron chi connectivity index (χ0n) is 9.55. The van der Waals surface area contributed by atoms with Gasteiger partial charge in [-0.15, -0.1) is 0 Å². The normalized spacial score (nSPS) is 15.0. The zero-order valence-corrected chi connectivity index (χ0v) is 9.55. The molecule has 1 unspecified atom stereocenters. The van der Waals surface area contributed by atoms with Gasteiger partial charge in [-0.1, -0.05) is 13.8 Å². The second kappa shape index (κ2) is 5.58. The highest BCUT2D eigenvalue weighted by atomic mass is 16.5. The summed E-state index contributed by atoms with van der Waals surface area (Å²) in [7, 11) is 1.74. The molecule has 3 N–H and O–H groups in total. The molecule has 0 aliphatic rings. The van der Waals surface area contributed by atoms with Gasteiger partial charge in [0.15, 0.2) is 0 Å². The van der Waals surface area contributed by atoms with Crippen molar-refractivity contribution in [2.45, 2.75) is 52.2 Å². The van der Waals surface area contributed by atoms with Gasteiger partial charge < -0.3 is 4.74 Å². The van der Waals surface area contributed by atoms with E-state index in [4.69, 9.17) is 10.6 Å². The van der Waals surface area contributed by atoms with Crippen LogP contribution in [0.15, 0.2) is 0 Å². The van der Waals surface area contributed by atoms with Crippen LogP contribution in [0.2, 0.25) is 0 Å². The molecule has 0 heterocycles. The molecule has 0 aromatic rings. The minimum atomic E-state index is -0.0913. The van der Waals surface area contributed by atoms with E-state index in [0.717, 1.165) is 12.8 Å². The predicted octanol–water partition coefficient (Wildman–Crippen LogP) is 1.68. The molecule has 0 aromatic heterocycles. The second-order valence-corrected chi connectivity index (χ2v) is 4.66. The minimum absolute atomic E-state index is 0.0913. The van der Waals surface area contributed by atoms with Gasteiger partial charge in [0.2, 0.25) is 0 Å². The van der Waals surface area contributed by atoms with Crippen LogP contribution in [-0.2, 0) is 4.74 Å². The molecule has 13 heavy (non-hydrogen) atoms. The molecular weight excluding hydrogens is 164 g/mol. The Morgan fingerprint density at radius 2 is 1.92 bits per heavy atom. The fraction of sp³-hybridized carbons (Fsp3) is 1.00. The molecule has 0 aromatic carbocycles. The summed E-state index contributed by atoms with van der Waals surface area (Å²) in [5.41, 5.74) is 2.75. The topological polar surface area (TPSA) is 47.3 Å². The van der Waals surface area contributed by atoms with E-state index in [9.17, 15) is 0 Å². The van der Waals surface area contributed by atoms with Gasteiger partial charge in [0, 0.05) is 13.2 Å². The van der Waals surface area contributed by atoms with Gasteiger partial charge in [0.1, 0.15) is 0 Å². The van der Waals surface area contributed by atoms with Crippen molar-refractivity contribution in [3.05, 3.63) is 0 Å². The summed E-state index contributed by atoms with van der Waals surface area (Å²) >= 11 is 0. The van der Waals surface area contributed by atoms with Crippen molar-refractivity contribution >= 4 is 0 Å². The van der Waals surface area contributed by atoms with Crippen molar-refractivity contribution < 1.29 is 4.74 Å². The molecule has 0 spiro atoms. The van der Waals surface area contributed by atoms with Gasteiger partial charge in [0.05, 0.1) is 5.60 Å². The third-order valence-electron chi connectivity index (χ3n) is 2.28. The van der Waals surface area contributed by atoms with Crippen molar-refractivity contribution in [3.63, 3.8) is 0 Å². The summed E-state index contributed by atoms with van der Waals surface area (Å²) < 4.78 is 5.36. The number of nitrogens with one attached hydrogen (secondary N) is 1. The molecule has 1 atom stereocenters. The van der Waals surface area contributed by atoms with E-state index in [-0.39, 0.29) is 5.60 Å². The fourth-order valence-electron chi connectivity index (χ4n) is 1.46. The maximum absolute atomic E-state index is 5.48. The second-order valence-electron chi connectivity index (χ2n) is 4.66. The van der Waals surface area contributed by atoms with Gasteiger partial charge >= 0.3 is 0 Å². The maximum atomic E-state index is 5.48. The summed E-state index contributed by atoms with van der Waals surface area (Å²) in [5, 5.41) is 0. The molecule has 0 saturated heterocycles. The van der Waals surface area contributed by atoms with Gasteiger partial charge in [-0.2, -0.15) is 0 Å². The van der Waals surface area contributed by atoms with Crippen molar-refractivity contribution in [2.24, 2.45) is 11.8 Å². The lowest BCUT2D eigenvalue weighted by Crippen LogP contribution is -2.42. The van der Waals surface area contributed by atoms with Crippen LogP contribution >= 0.6 is 0 Å². The van der Waals surface area contributed by atoms with E-state index in [1.54, 1.807) is 7.11 Å². The van der Waals surface area contributed by atoms with Crippen LogP contribution in [0, 0.1) is 5.92 Å². The Morgan fingerprint density at radius 1 is 1.38 bits per heavy atom. The highest BCUT2D eigenvalue weighted by molar-refractivity contribution is 4.77. The Morgan fingerprint density at radius 3 is 2.23 bits per heavy atom. The van der Waals surface area contributed by atoms with E-state index < -0.39 is 0 Å². The monoisotopic (exact) mass is 188 g/mol. The average molecular weight is 188 g/mol. The highest BCUT2D eigenvalue weighted by Gasteiger charge is 2.22. The van der Waals surface area contributed by atoms with Crippen LogP contribution < -0.4 is 11.3 Å². The molecule has 0 saturated carbocycles. The molecule has 0 fully saturated rings. The molecule has 0 radical (unpaired) electrons. The summed E-state index contributed by atoms with van der Waals surface area (Å²) in [6, 6.07) is 0.343. The SMILES string of the molecule is COC(C)(C)CC(CC(C)C)NN. The Balaban J connectivity index is 3.97. The molecule has 0 aliphatic heterocycles. The summed E-state index contributed by atoms with van der Waals surface area (Å²) in [6.07, 6.45) is 2.03. The van der Waals surface area contributed by atoms with Crippen LogP contribution in [-0.4, -0.2) is 18.8 Å². The first-order valence-electron chi connectivity index (χ1n) is 4.92. The highest BCUT2D eigenvalue weighted by Crippen LogP contribution is 2.19. The number of hydrogen-bond acceptors (Lipinski definition) is 3. The summed E-state index contributed by atoms with van der Waals surface area (Å²) in [4.78, 5) is 0. The van der Waals surface area contributed by atoms with E-state index in [2.05, 4.69) is 33.1 Å². The summed E-state index contributed by atoms with van der Waals surface area (Å²) in [5.74, 6) is 6.14. The van der Waals surface area contributed by atoms with E-state index >= 15 is 0 Å². The quantitative estimate of drug-likeness (QED) is 0.492. The van der Waals surface area contributed by atoms with Crippen LogP contribution in [0.1, 0.15) is 40.5 Å². The van der Waals surface area contributed by atoms with Gasteiger partial charge in [0.25, 0.3) is 0 Å². The lowest BCUT2D eigenvalue weighted by molar-refractivity contribution is 0.00539. The number of nitrogens with two attached hydrogens (primary N) is 1. The van der Waals surface area contributed by atoms with E-state index in [1.165, 1.54) is 0 Å². The standard InChI is InChI=1S/C10H24N2O/c1-8(2)6-9(12-11)7-10(3,4)13-5/h8-9,12H,6-7,11H2,1-5H3. The lowest BCUT2D eigenvalue weighted by Gasteiger charge is -2.29. The third-order valence-corrected chi connectivity index (χ3v) is 2.28. The molecule has 3 heteroatoms. The van der Waals surface area contributed by atoms with Crippen molar-refractivity contribution in [1.29, 1.82) is 0 Å². The number of methoxy groups -OCH3 is 1. The molecule has 80 valence electrons. The van der Waals surface area contributed by atoms with Gasteiger partial charge in [-0.3, -0.25) is 11.3 Å². The van der Waals surface area contributed by atoms with Crippen molar-refractivity contribution in [2.75, 3.05) is 7.11 Å². The number of rotatable bonds is 6. The van der Waals surface area contributed by atoms with Crippen molar-refractivity contribution in [3.8, 4) is 0 Å². The third kappa shape index (κ3) is 6.02. The van der Waals surface area contributed by atoms with Crippen LogP contribution in [0.5, 0.6) is 0 Å². The molecule has 0 aliphatic carbocycles. The Kier molecular flexibility index (Phi) is 5.53. The van der Waals surface area contributed by atoms with E-state index in [1.807, 2.05) is 0 Å². The lowest BCUT2D eigenvalue weighted by atomic mass is 9.93. The molecule has 0 rings (SSSR count). The first-order valence-corrected chi connectivity index (χ1v) is 4.92. The first kappa shape index (κ1) is 12.9. The van der Waals surface area contributed by atoms with Crippen LogP contribution in [0.3, 0.4) is 0 Å². The fourth-order valence-corrected chi connectivity index (χ4v) is 1.46. The van der Waals surface area contributed by atoms with Gasteiger partial charge in [-0.05, 0) is 32.6 Å². The Hall–Kier alpha value is -0.120. The van der Waals surface area contributed by atoms with Crippen LogP contribution in [0.4, 0.5) is 0 Å². The van der Waals surface area contributed by atoms with E-state index in [0.29, 0.717) is 12.0 Å². The predicted molar refractivity (Wildman–Crippen MR) is 56.3 cm³/mol. The molecule has 0 amide bonds. The minimum Gasteiger partial charge on any atom is -0.379 e. The Bertz CT molecular complexity index is 135. The number of hydrazine groups is 1. The zero-order chi connectivity index (χ0) is 10.5.